The minimum atomic E-state index is 1.01. The number of hydrogen-bond acceptors (Lipinski definition) is 1. The minimum Gasteiger partial charge on any atom is -0.313 e. The maximum atomic E-state index is 3.55. The van der Waals surface area contributed by atoms with Crippen LogP contribution in [-0.2, 0) is 6.54 Å². The summed E-state index contributed by atoms with van der Waals surface area (Å²) in [5.41, 5.74) is 5.66. The Hall–Kier alpha value is -0.340. The van der Waals surface area contributed by atoms with Gasteiger partial charge in [0.15, 0.2) is 0 Å². The van der Waals surface area contributed by atoms with Gasteiger partial charge < -0.3 is 5.32 Å². The van der Waals surface area contributed by atoms with Gasteiger partial charge in [-0.3, -0.25) is 0 Å². The van der Waals surface area contributed by atoms with Crippen LogP contribution < -0.4 is 5.32 Å². The molecule has 1 aromatic rings. The van der Waals surface area contributed by atoms with E-state index in [2.05, 4.69) is 54.2 Å². The molecule has 1 N–H and O–H groups in total. The molecule has 0 aliphatic rings. The van der Waals surface area contributed by atoms with Crippen molar-refractivity contribution < 1.29 is 0 Å². The molecule has 0 aliphatic heterocycles. The fourth-order valence-corrected chi connectivity index (χ4v) is 2.62. The zero-order valence-corrected chi connectivity index (χ0v) is 12.9. The standard InChI is InChI=1S/C15H24BrN/c1-12-9-13(2)15(14(3)10-12)11-17-8-6-4-5-7-16/h9-10,17H,4-8,11H2,1-3H3. The third-order valence-electron chi connectivity index (χ3n) is 3.13. The van der Waals surface area contributed by atoms with Crippen LogP contribution in [0.25, 0.3) is 0 Å². The average Bonchev–Trinajstić information content (AvgIpc) is 2.26. The Balaban J connectivity index is 2.36. The van der Waals surface area contributed by atoms with Gasteiger partial charge in [-0.25, -0.2) is 0 Å². The summed E-state index contributed by atoms with van der Waals surface area (Å²) in [6.45, 7) is 8.72. The largest absolute Gasteiger partial charge is 0.313 e. The normalized spacial score (nSPS) is 10.8. The van der Waals surface area contributed by atoms with Crippen LogP contribution in [0.15, 0.2) is 12.1 Å². The molecule has 0 spiro atoms. The summed E-state index contributed by atoms with van der Waals surface area (Å²) < 4.78 is 0. The number of hydrogen-bond donors (Lipinski definition) is 1. The van der Waals surface area contributed by atoms with Gasteiger partial charge in [0.1, 0.15) is 0 Å². The van der Waals surface area contributed by atoms with Crippen molar-refractivity contribution in [2.75, 3.05) is 11.9 Å². The van der Waals surface area contributed by atoms with Gasteiger partial charge in [-0.05, 0) is 56.8 Å². The Morgan fingerprint density at radius 1 is 1.00 bits per heavy atom. The topological polar surface area (TPSA) is 12.0 Å². The lowest BCUT2D eigenvalue weighted by Crippen LogP contribution is -2.16. The zero-order valence-electron chi connectivity index (χ0n) is 11.3. The Kier molecular flexibility index (Phi) is 6.83. The molecular formula is C15H24BrN. The summed E-state index contributed by atoms with van der Waals surface area (Å²) in [5.74, 6) is 0. The molecule has 1 nitrogen and oxygen atoms in total. The van der Waals surface area contributed by atoms with E-state index < -0.39 is 0 Å². The molecule has 0 saturated carbocycles. The zero-order chi connectivity index (χ0) is 12.7. The first kappa shape index (κ1) is 14.7. The van der Waals surface area contributed by atoms with E-state index >= 15 is 0 Å². The predicted molar refractivity (Wildman–Crippen MR) is 80.0 cm³/mol. The Morgan fingerprint density at radius 3 is 2.24 bits per heavy atom. The van der Waals surface area contributed by atoms with Crippen LogP contribution in [0.3, 0.4) is 0 Å². The van der Waals surface area contributed by atoms with Gasteiger partial charge in [0.05, 0.1) is 0 Å². The van der Waals surface area contributed by atoms with Crippen LogP contribution in [0.4, 0.5) is 0 Å². The SMILES string of the molecule is Cc1cc(C)c(CNCCCCCBr)c(C)c1. The highest BCUT2D eigenvalue weighted by atomic mass is 79.9. The monoisotopic (exact) mass is 297 g/mol. The summed E-state index contributed by atoms with van der Waals surface area (Å²) in [6, 6.07) is 4.55. The fourth-order valence-electron chi connectivity index (χ4n) is 2.22. The number of rotatable bonds is 7. The summed E-state index contributed by atoms with van der Waals surface area (Å²) >= 11 is 3.46. The van der Waals surface area contributed by atoms with Crippen molar-refractivity contribution in [3.63, 3.8) is 0 Å². The molecule has 0 atom stereocenters. The first-order valence-electron chi connectivity index (χ1n) is 6.48. The molecule has 1 rings (SSSR count). The molecule has 1 aromatic carbocycles. The van der Waals surface area contributed by atoms with Crippen LogP contribution >= 0.6 is 15.9 Å². The van der Waals surface area contributed by atoms with Gasteiger partial charge >= 0.3 is 0 Å². The maximum Gasteiger partial charge on any atom is 0.0210 e. The van der Waals surface area contributed by atoms with E-state index in [0.717, 1.165) is 18.4 Å². The second-order valence-electron chi connectivity index (χ2n) is 4.80. The number of alkyl halides is 1. The molecule has 17 heavy (non-hydrogen) atoms. The van der Waals surface area contributed by atoms with Gasteiger partial charge in [0.2, 0.25) is 0 Å². The number of nitrogens with one attached hydrogen (secondary N) is 1. The van der Waals surface area contributed by atoms with Crippen molar-refractivity contribution in [2.45, 2.75) is 46.6 Å². The van der Waals surface area contributed by atoms with E-state index in [-0.39, 0.29) is 0 Å². The Bertz CT molecular complexity index is 324. The van der Waals surface area contributed by atoms with Gasteiger partial charge in [0.25, 0.3) is 0 Å². The van der Waals surface area contributed by atoms with Crippen LogP contribution in [0.5, 0.6) is 0 Å². The lowest BCUT2D eigenvalue weighted by atomic mass is 10.00. The second-order valence-corrected chi connectivity index (χ2v) is 5.60. The fraction of sp³-hybridized carbons (Fsp3) is 0.600. The number of aryl methyl sites for hydroxylation is 3. The predicted octanol–water partition coefficient (Wildman–Crippen LogP) is 4.27. The van der Waals surface area contributed by atoms with Gasteiger partial charge in [-0.1, -0.05) is 40.0 Å². The van der Waals surface area contributed by atoms with Gasteiger partial charge in [-0.2, -0.15) is 0 Å². The molecule has 0 radical (unpaired) electrons. The molecule has 2 heteroatoms. The molecular weight excluding hydrogens is 274 g/mol. The first-order valence-corrected chi connectivity index (χ1v) is 7.60. The van der Waals surface area contributed by atoms with Crippen molar-refractivity contribution >= 4 is 15.9 Å². The van der Waals surface area contributed by atoms with Gasteiger partial charge in [-0.15, -0.1) is 0 Å². The van der Waals surface area contributed by atoms with Crippen LogP contribution in [-0.4, -0.2) is 11.9 Å². The Labute approximate surface area is 114 Å². The lowest BCUT2D eigenvalue weighted by Gasteiger charge is -2.12. The van der Waals surface area contributed by atoms with Crippen molar-refractivity contribution in [1.29, 1.82) is 0 Å². The summed E-state index contributed by atoms with van der Waals surface area (Å²) in [4.78, 5) is 0. The molecule has 0 saturated heterocycles. The average molecular weight is 298 g/mol. The van der Waals surface area contributed by atoms with Crippen LogP contribution in [0.2, 0.25) is 0 Å². The molecule has 0 aliphatic carbocycles. The Morgan fingerprint density at radius 2 is 1.65 bits per heavy atom. The van der Waals surface area contributed by atoms with Crippen LogP contribution in [0.1, 0.15) is 41.5 Å². The highest BCUT2D eigenvalue weighted by Crippen LogP contribution is 2.15. The van der Waals surface area contributed by atoms with Crippen molar-refractivity contribution in [3.05, 3.63) is 34.4 Å². The molecule has 0 fully saturated rings. The highest BCUT2D eigenvalue weighted by molar-refractivity contribution is 9.09. The number of unbranched alkanes of at least 4 members (excludes halogenated alkanes) is 2. The van der Waals surface area contributed by atoms with Crippen molar-refractivity contribution in [1.82, 2.24) is 5.32 Å². The lowest BCUT2D eigenvalue weighted by molar-refractivity contribution is 0.617. The van der Waals surface area contributed by atoms with Gasteiger partial charge in [0, 0.05) is 11.9 Å². The summed E-state index contributed by atoms with van der Waals surface area (Å²) in [7, 11) is 0. The number of halogens is 1. The van der Waals surface area contributed by atoms with E-state index in [0.29, 0.717) is 0 Å². The van der Waals surface area contributed by atoms with Crippen LogP contribution in [0, 0.1) is 20.8 Å². The third kappa shape index (κ3) is 5.22. The quantitative estimate of drug-likeness (QED) is 0.585. The van der Waals surface area contributed by atoms with E-state index in [1.54, 1.807) is 0 Å². The second kappa shape index (κ2) is 7.88. The smallest absolute Gasteiger partial charge is 0.0210 e. The summed E-state index contributed by atoms with van der Waals surface area (Å²) in [5, 5.41) is 4.67. The molecule has 0 heterocycles. The first-order chi connectivity index (χ1) is 8.15. The van der Waals surface area contributed by atoms with Crippen molar-refractivity contribution in [3.8, 4) is 0 Å². The van der Waals surface area contributed by atoms with Crippen molar-refractivity contribution in [2.24, 2.45) is 0 Å². The molecule has 0 aromatic heterocycles. The maximum absolute atomic E-state index is 3.55. The van der Waals surface area contributed by atoms with E-state index in [1.807, 2.05) is 0 Å². The molecule has 0 unspecified atom stereocenters. The third-order valence-corrected chi connectivity index (χ3v) is 3.69. The molecule has 96 valence electrons. The highest BCUT2D eigenvalue weighted by Gasteiger charge is 2.02. The molecule has 0 bridgehead atoms. The summed E-state index contributed by atoms with van der Waals surface area (Å²) in [6.07, 6.45) is 3.87. The molecule has 0 amide bonds. The minimum absolute atomic E-state index is 1.01. The number of benzene rings is 1. The van der Waals surface area contributed by atoms with E-state index in [9.17, 15) is 0 Å². The van der Waals surface area contributed by atoms with E-state index in [1.165, 1.54) is 41.5 Å². The van der Waals surface area contributed by atoms with E-state index in [4.69, 9.17) is 0 Å².